The topological polar surface area (TPSA) is 86.9 Å². The summed E-state index contributed by atoms with van der Waals surface area (Å²) in [5, 5.41) is 9.96. The van der Waals surface area contributed by atoms with Gasteiger partial charge in [0.1, 0.15) is 5.60 Å². The van der Waals surface area contributed by atoms with Crippen molar-refractivity contribution in [2.75, 3.05) is 31.9 Å². The third-order valence-corrected chi connectivity index (χ3v) is 5.33. The van der Waals surface area contributed by atoms with Gasteiger partial charge in [-0.05, 0) is 48.2 Å². The third-order valence-electron chi connectivity index (χ3n) is 5.33. The fourth-order valence-electron chi connectivity index (χ4n) is 3.45. The molecule has 0 unspecified atom stereocenters. The molecule has 1 aliphatic heterocycles. The van der Waals surface area contributed by atoms with Gasteiger partial charge in [-0.25, -0.2) is 0 Å². The van der Waals surface area contributed by atoms with E-state index in [9.17, 15) is 14.7 Å². The number of anilines is 1. The minimum absolute atomic E-state index is 0.0358. The Balaban J connectivity index is 1.39. The Morgan fingerprint density at radius 3 is 2.11 bits per heavy atom. The number of nitrogens with two attached hydrogens (primary N) is 1. The van der Waals surface area contributed by atoms with E-state index in [2.05, 4.69) is 0 Å². The van der Waals surface area contributed by atoms with E-state index in [1.165, 1.54) is 0 Å². The number of rotatable bonds is 3. The number of nitrogens with zero attached hydrogens (tertiary/aromatic N) is 2. The van der Waals surface area contributed by atoms with Gasteiger partial charge >= 0.3 is 0 Å². The van der Waals surface area contributed by atoms with E-state index in [1.807, 2.05) is 48.5 Å². The van der Waals surface area contributed by atoms with Gasteiger partial charge in [-0.3, -0.25) is 9.59 Å². The molecule has 0 aromatic heterocycles. The molecule has 140 valence electrons. The second-order valence-corrected chi connectivity index (χ2v) is 7.32. The van der Waals surface area contributed by atoms with Crippen LogP contribution >= 0.6 is 0 Å². The standard InChI is InChI=1S/C21H23N3O3/c22-18-3-1-2-17(14-18)15-4-6-16(7-5-15)19(25)23-10-12-24(13-11-23)20(26)21(27)8-9-21/h1-7,14,27H,8-13,22H2. The molecular formula is C21H23N3O3. The lowest BCUT2D eigenvalue weighted by atomic mass is 10.0. The summed E-state index contributed by atoms with van der Waals surface area (Å²) in [5.74, 6) is -0.229. The molecule has 1 saturated carbocycles. The Morgan fingerprint density at radius 2 is 1.52 bits per heavy atom. The number of amides is 2. The molecule has 4 rings (SSSR count). The van der Waals surface area contributed by atoms with Crippen LogP contribution in [0.2, 0.25) is 0 Å². The molecule has 0 radical (unpaired) electrons. The summed E-state index contributed by atoms with van der Waals surface area (Å²) in [6.07, 6.45) is 1.09. The number of hydrogen-bond donors (Lipinski definition) is 2. The van der Waals surface area contributed by atoms with Crippen molar-refractivity contribution < 1.29 is 14.7 Å². The summed E-state index contributed by atoms with van der Waals surface area (Å²) in [5.41, 5.74) is 8.05. The number of carbonyl (C=O) groups is 2. The first kappa shape index (κ1) is 17.5. The van der Waals surface area contributed by atoms with Crippen molar-refractivity contribution >= 4 is 17.5 Å². The zero-order valence-corrected chi connectivity index (χ0v) is 15.1. The highest BCUT2D eigenvalue weighted by molar-refractivity contribution is 5.95. The van der Waals surface area contributed by atoms with Crippen LogP contribution in [0, 0.1) is 0 Å². The number of nitrogen functional groups attached to an aromatic ring is 1. The van der Waals surface area contributed by atoms with E-state index < -0.39 is 5.60 Å². The maximum absolute atomic E-state index is 12.7. The first-order chi connectivity index (χ1) is 13.0. The van der Waals surface area contributed by atoms with E-state index in [-0.39, 0.29) is 11.8 Å². The van der Waals surface area contributed by atoms with E-state index in [0.29, 0.717) is 50.3 Å². The van der Waals surface area contributed by atoms with Crippen LogP contribution in [0.3, 0.4) is 0 Å². The highest BCUT2D eigenvalue weighted by Crippen LogP contribution is 2.37. The van der Waals surface area contributed by atoms with Gasteiger partial charge in [0.2, 0.25) is 0 Å². The molecule has 2 aromatic rings. The SMILES string of the molecule is Nc1cccc(-c2ccc(C(=O)N3CCN(C(=O)C4(O)CC4)CC3)cc2)c1. The Hall–Kier alpha value is -2.86. The van der Waals surface area contributed by atoms with Gasteiger partial charge in [0.05, 0.1) is 0 Å². The molecule has 1 aliphatic carbocycles. The van der Waals surface area contributed by atoms with E-state index in [1.54, 1.807) is 9.80 Å². The number of benzene rings is 2. The molecule has 1 saturated heterocycles. The molecule has 1 heterocycles. The van der Waals surface area contributed by atoms with Crippen molar-refractivity contribution in [2.45, 2.75) is 18.4 Å². The minimum atomic E-state index is -1.14. The number of piperazine rings is 1. The van der Waals surface area contributed by atoms with Gasteiger partial charge in [0.25, 0.3) is 11.8 Å². The lowest BCUT2D eigenvalue weighted by Crippen LogP contribution is -2.53. The van der Waals surface area contributed by atoms with Crippen LogP contribution in [0.25, 0.3) is 11.1 Å². The maximum atomic E-state index is 12.7. The molecule has 0 spiro atoms. The van der Waals surface area contributed by atoms with Gasteiger partial charge in [0, 0.05) is 37.4 Å². The summed E-state index contributed by atoms with van der Waals surface area (Å²) in [7, 11) is 0. The first-order valence-corrected chi connectivity index (χ1v) is 9.23. The van der Waals surface area contributed by atoms with Crippen LogP contribution < -0.4 is 5.73 Å². The molecule has 2 aliphatic rings. The van der Waals surface area contributed by atoms with Gasteiger partial charge in [-0.15, -0.1) is 0 Å². The van der Waals surface area contributed by atoms with Crippen molar-refractivity contribution in [3.8, 4) is 11.1 Å². The van der Waals surface area contributed by atoms with Crippen LogP contribution in [0.4, 0.5) is 5.69 Å². The van der Waals surface area contributed by atoms with Crippen LogP contribution in [0.1, 0.15) is 23.2 Å². The number of carbonyl (C=O) groups excluding carboxylic acids is 2. The third kappa shape index (κ3) is 3.53. The highest BCUT2D eigenvalue weighted by atomic mass is 16.3. The molecule has 27 heavy (non-hydrogen) atoms. The van der Waals surface area contributed by atoms with Crippen LogP contribution in [0.5, 0.6) is 0 Å². The summed E-state index contributed by atoms with van der Waals surface area (Å²) >= 11 is 0. The molecule has 2 amide bonds. The Labute approximate surface area is 158 Å². The zero-order chi connectivity index (χ0) is 19.0. The van der Waals surface area contributed by atoms with Crippen molar-refractivity contribution in [3.63, 3.8) is 0 Å². The molecule has 3 N–H and O–H groups in total. The number of aliphatic hydroxyl groups is 1. The van der Waals surface area contributed by atoms with Crippen molar-refractivity contribution in [3.05, 3.63) is 54.1 Å². The molecule has 6 heteroatoms. The first-order valence-electron chi connectivity index (χ1n) is 9.23. The van der Waals surface area contributed by atoms with Crippen molar-refractivity contribution in [1.82, 2.24) is 9.80 Å². The molecular weight excluding hydrogens is 342 g/mol. The highest BCUT2D eigenvalue weighted by Gasteiger charge is 2.50. The molecule has 0 bridgehead atoms. The quantitative estimate of drug-likeness (QED) is 0.812. The average molecular weight is 365 g/mol. The second-order valence-electron chi connectivity index (χ2n) is 7.32. The normalized spacial score (nSPS) is 18.3. The minimum Gasteiger partial charge on any atom is -0.399 e. The monoisotopic (exact) mass is 365 g/mol. The van der Waals surface area contributed by atoms with Crippen LogP contribution in [-0.4, -0.2) is 58.5 Å². The Morgan fingerprint density at radius 1 is 0.889 bits per heavy atom. The Bertz CT molecular complexity index is 866. The van der Waals surface area contributed by atoms with Crippen molar-refractivity contribution in [1.29, 1.82) is 0 Å². The van der Waals surface area contributed by atoms with E-state index >= 15 is 0 Å². The van der Waals surface area contributed by atoms with Gasteiger partial charge < -0.3 is 20.6 Å². The predicted octanol–water partition coefficient (Wildman–Crippen LogP) is 1.75. The molecule has 0 atom stereocenters. The van der Waals surface area contributed by atoms with E-state index in [4.69, 9.17) is 5.73 Å². The zero-order valence-electron chi connectivity index (χ0n) is 15.1. The van der Waals surface area contributed by atoms with Gasteiger partial charge in [-0.2, -0.15) is 0 Å². The fourth-order valence-corrected chi connectivity index (χ4v) is 3.45. The van der Waals surface area contributed by atoms with Crippen molar-refractivity contribution in [2.24, 2.45) is 0 Å². The fraction of sp³-hybridized carbons (Fsp3) is 0.333. The van der Waals surface area contributed by atoms with Gasteiger partial charge in [-0.1, -0.05) is 24.3 Å². The number of hydrogen-bond acceptors (Lipinski definition) is 4. The lowest BCUT2D eigenvalue weighted by Gasteiger charge is -2.35. The van der Waals surface area contributed by atoms with E-state index in [0.717, 1.165) is 11.1 Å². The maximum Gasteiger partial charge on any atom is 0.254 e. The van der Waals surface area contributed by atoms with Crippen LogP contribution in [0.15, 0.2) is 48.5 Å². The smallest absolute Gasteiger partial charge is 0.254 e. The summed E-state index contributed by atoms with van der Waals surface area (Å²) in [6, 6.07) is 15.1. The largest absolute Gasteiger partial charge is 0.399 e. The molecule has 6 nitrogen and oxygen atoms in total. The van der Waals surface area contributed by atoms with Crippen LogP contribution in [-0.2, 0) is 4.79 Å². The Kier molecular flexibility index (Phi) is 4.36. The molecule has 2 fully saturated rings. The predicted molar refractivity (Wildman–Crippen MR) is 103 cm³/mol. The second kappa shape index (κ2) is 6.70. The summed E-state index contributed by atoms with van der Waals surface area (Å²) in [6.45, 7) is 1.90. The summed E-state index contributed by atoms with van der Waals surface area (Å²) < 4.78 is 0. The average Bonchev–Trinajstić information content (AvgIpc) is 3.46. The summed E-state index contributed by atoms with van der Waals surface area (Å²) in [4.78, 5) is 28.4. The molecule has 2 aromatic carbocycles. The lowest BCUT2D eigenvalue weighted by molar-refractivity contribution is -0.143. The van der Waals surface area contributed by atoms with Gasteiger partial charge in [0.15, 0.2) is 0 Å².